The van der Waals surface area contributed by atoms with Crippen LogP contribution in [0.25, 0.3) is 10.2 Å². The Balaban J connectivity index is 1.70. The Labute approximate surface area is 173 Å². The molecule has 10 heteroatoms. The zero-order valence-corrected chi connectivity index (χ0v) is 16.8. The number of hydrogen-bond acceptors (Lipinski definition) is 6. The zero-order chi connectivity index (χ0) is 20.3. The van der Waals surface area contributed by atoms with E-state index in [1.165, 1.54) is 28.0 Å². The molecule has 0 spiro atoms. The van der Waals surface area contributed by atoms with Crippen molar-refractivity contribution in [3.63, 3.8) is 0 Å². The first kappa shape index (κ1) is 18.3. The lowest BCUT2D eigenvalue weighted by molar-refractivity contribution is -0.738. The molecule has 3 aliphatic rings. The average Bonchev–Trinajstić information content (AvgIpc) is 3.33. The van der Waals surface area contributed by atoms with Crippen molar-refractivity contribution in [2.75, 3.05) is 12.3 Å². The van der Waals surface area contributed by atoms with Crippen molar-refractivity contribution in [1.29, 1.82) is 0 Å². The molecule has 0 bridgehead atoms. The molecule has 2 aromatic heterocycles. The van der Waals surface area contributed by atoms with E-state index in [1.807, 2.05) is 34.3 Å². The Morgan fingerprint density at radius 2 is 2.21 bits per heavy atom. The number of carbonyl (C=O) groups excluding carboxylic acids is 2. The Kier molecular flexibility index (Phi) is 4.05. The molecule has 0 aliphatic carbocycles. The third-order valence-corrected chi connectivity index (χ3v) is 7.63. The number of β-lactam (4-membered cyclic amide) rings is 1. The van der Waals surface area contributed by atoms with E-state index in [2.05, 4.69) is 17.2 Å². The fourth-order valence-electron chi connectivity index (χ4n) is 4.04. The number of pyridine rings is 1. The van der Waals surface area contributed by atoms with E-state index in [4.69, 9.17) is 0 Å². The monoisotopic (exact) mass is 429 g/mol. The summed E-state index contributed by atoms with van der Waals surface area (Å²) in [7, 11) is 0. The van der Waals surface area contributed by atoms with Crippen molar-refractivity contribution in [3.8, 4) is 0 Å². The van der Waals surface area contributed by atoms with Gasteiger partial charge in [-0.25, -0.2) is 10.1 Å². The molecule has 29 heavy (non-hydrogen) atoms. The molecule has 2 atom stereocenters. The molecule has 2 saturated heterocycles. The maximum atomic E-state index is 12.3. The fraction of sp³-hybridized carbons (Fsp3) is 0.263. The summed E-state index contributed by atoms with van der Waals surface area (Å²) in [6.07, 6.45) is 2.18. The molecule has 2 amide bonds. The average molecular weight is 430 g/mol. The van der Waals surface area contributed by atoms with Gasteiger partial charge in [-0.05, 0) is 17.5 Å². The molecule has 5 heterocycles. The minimum Gasteiger partial charge on any atom is -0.477 e. The summed E-state index contributed by atoms with van der Waals surface area (Å²) < 4.78 is 1.87. The summed E-state index contributed by atoms with van der Waals surface area (Å²) in [5.74, 6) is -2.22. The van der Waals surface area contributed by atoms with E-state index in [9.17, 15) is 19.5 Å². The number of fused-ring (bicyclic) bond motifs is 2. The Hall–Kier alpha value is -2.69. The smallest absolute Gasteiger partial charge is 0.353 e. The van der Waals surface area contributed by atoms with Crippen molar-refractivity contribution in [3.05, 3.63) is 52.5 Å². The van der Waals surface area contributed by atoms with Crippen LogP contribution in [0, 0.1) is 0 Å². The standard InChI is InChI=1S/C19H16N4O4S2/c1-10(16-15(18(26)27)23-12(9-29-16)7-14(23)25)19(20-8-13(24)21-19)22-5-2-3-11-4-6-28-17(11)22/h2-6,12,20H,1,7-9H2,(H-,21,24,26,27)/p+1. The lowest BCUT2D eigenvalue weighted by Crippen LogP contribution is -2.69. The SMILES string of the molecule is C=C(C1=C(C(=O)O)N2C(=O)CC2CS1)C1([n+]2cccc3ccsc32)NCC(=O)N1. The van der Waals surface area contributed by atoms with Crippen molar-refractivity contribution in [1.82, 2.24) is 15.5 Å². The van der Waals surface area contributed by atoms with E-state index in [1.54, 1.807) is 0 Å². The van der Waals surface area contributed by atoms with Gasteiger partial charge in [0.05, 0.1) is 28.5 Å². The van der Waals surface area contributed by atoms with Gasteiger partial charge >= 0.3 is 11.8 Å². The number of amides is 2. The van der Waals surface area contributed by atoms with Crippen molar-refractivity contribution in [2.24, 2.45) is 0 Å². The molecule has 0 radical (unpaired) electrons. The minimum absolute atomic E-state index is 0.0613. The molecule has 3 aliphatic heterocycles. The van der Waals surface area contributed by atoms with Gasteiger partial charge in [0.25, 0.3) is 4.83 Å². The second kappa shape index (κ2) is 6.41. The van der Waals surface area contributed by atoms with Gasteiger partial charge in [-0.1, -0.05) is 17.9 Å². The van der Waals surface area contributed by atoms with Crippen LogP contribution < -0.4 is 15.2 Å². The molecule has 0 aromatic carbocycles. The first-order valence-corrected chi connectivity index (χ1v) is 10.9. The summed E-state index contributed by atoms with van der Waals surface area (Å²) in [5.41, 5.74) is 0.337. The number of nitrogens with one attached hydrogen (secondary N) is 2. The van der Waals surface area contributed by atoms with Gasteiger partial charge in [0.1, 0.15) is 5.70 Å². The fourth-order valence-corrected chi connectivity index (χ4v) is 6.24. The van der Waals surface area contributed by atoms with Crippen LogP contribution in [0.2, 0.25) is 0 Å². The predicted molar refractivity (Wildman–Crippen MR) is 108 cm³/mol. The van der Waals surface area contributed by atoms with E-state index >= 15 is 0 Å². The minimum atomic E-state index is -1.22. The lowest BCUT2D eigenvalue weighted by atomic mass is 9.99. The Morgan fingerprint density at radius 3 is 2.90 bits per heavy atom. The molecule has 8 nitrogen and oxygen atoms in total. The third-order valence-electron chi connectivity index (χ3n) is 5.42. The third kappa shape index (κ3) is 2.56. The number of hydrogen-bond donors (Lipinski definition) is 3. The summed E-state index contributed by atoms with van der Waals surface area (Å²) in [5, 5.41) is 19.0. The summed E-state index contributed by atoms with van der Waals surface area (Å²) in [4.78, 5) is 39.1. The number of aliphatic carboxylic acids is 1. The van der Waals surface area contributed by atoms with Crippen molar-refractivity contribution < 1.29 is 24.1 Å². The van der Waals surface area contributed by atoms with Gasteiger partial charge < -0.3 is 10.0 Å². The summed E-state index contributed by atoms with van der Waals surface area (Å²) in [6.45, 7) is 4.27. The van der Waals surface area contributed by atoms with Crippen LogP contribution in [-0.2, 0) is 20.2 Å². The molecule has 5 rings (SSSR count). The highest BCUT2D eigenvalue weighted by molar-refractivity contribution is 8.03. The van der Waals surface area contributed by atoms with Crippen molar-refractivity contribution >= 4 is 51.1 Å². The number of nitrogens with zero attached hydrogens (tertiary/aromatic N) is 2. The van der Waals surface area contributed by atoms with Gasteiger partial charge in [0.15, 0.2) is 6.20 Å². The highest BCUT2D eigenvalue weighted by Gasteiger charge is 2.54. The van der Waals surface area contributed by atoms with Crippen LogP contribution in [-0.4, -0.2) is 46.1 Å². The maximum absolute atomic E-state index is 12.3. The van der Waals surface area contributed by atoms with Crippen LogP contribution in [0.3, 0.4) is 0 Å². The zero-order valence-electron chi connectivity index (χ0n) is 15.2. The second-order valence-electron chi connectivity index (χ2n) is 7.07. The van der Waals surface area contributed by atoms with Gasteiger partial charge in [0.2, 0.25) is 11.8 Å². The number of carbonyl (C=O) groups is 3. The molecule has 2 fully saturated rings. The van der Waals surface area contributed by atoms with Crippen LogP contribution in [0.15, 0.2) is 52.5 Å². The largest absolute Gasteiger partial charge is 0.477 e. The van der Waals surface area contributed by atoms with Gasteiger partial charge in [-0.15, -0.1) is 16.3 Å². The molecule has 0 saturated carbocycles. The first-order valence-electron chi connectivity index (χ1n) is 8.99. The quantitative estimate of drug-likeness (QED) is 0.489. The molecule has 148 valence electrons. The summed E-state index contributed by atoms with van der Waals surface area (Å²) >= 11 is 2.88. The number of carboxylic acids is 1. The number of thioether (sulfide) groups is 1. The van der Waals surface area contributed by atoms with Crippen molar-refractivity contribution in [2.45, 2.75) is 18.2 Å². The lowest BCUT2D eigenvalue weighted by Gasteiger charge is -2.45. The highest BCUT2D eigenvalue weighted by atomic mass is 32.2. The highest BCUT2D eigenvalue weighted by Crippen LogP contribution is 2.44. The molecular weight excluding hydrogens is 412 g/mol. The Bertz CT molecular complexity index is 1140. The van der Waals surface area contributed by atoms with Gasteiger partial charge in [0, 0.05) is 18.2 Å². The normalized spacial score (nSPS) is 26.3. The van der Waals surface area contributed by atoms with Crippen LogP contribution in [0.1, 0.15) is 6.42 Å². The van der Waals surface area contributed by atoms with E-state index in [0.717, 1.165) is 10.2 Å². The molecule has 2 unspecified atom stereocenters. The first-order chi connectivity index (χ1) is 13.9. The summed E-state index contributed by atoms with van der Waals surface area (Å²) in [6, 6.07) is 5.71. The van der Waals surface area contributed by atoms with E-state index < -0.39 is 11.8 Å². The van der Waals surface area contributed by atoms with E-state index in [-0.39, 0.29) is 30.1 Å². The number of rotatable bonds is 4. The number of aromatic nitrogens is 1. The molecular formula is C19H17N4O4S2+. The van der Waals surface area contributed by atoms with Crippen LogP contribution in [0.5, 0.6) is 0 Å². The van der Waals surface area contributed by atoms with Crippen LogP contribution >= 0.6 is 23.1 Å². The van der Waals surface area contributed by atoms with E-state index in [0.29, 0.717) is 22.7 Å². The molecule has 3 N–H and O–H groups in total. The van der Waals surface area contributed by atoms with Gasteiger partial charge in [-0.2, -0.15) is 0 Å². The topological polar surface area (TPSA) is 103 Å². The number of carboxylic acid groups (broad SMARTS) is 1. The Morgan fingerprint density at radius 1 is 1.38 bits per heavy atom. The second-order valence-corrected chi connectivity index (χ2v) is 8.99. The van der Waals surface area contributed by atoms with Gasteiger partial charge in [-0.3, -0.25) is 14.9 Å². The predicted octanol–water partition coefficient (Wildman–Crippen LogP) is 0.719. The number of thiophene rings is 1. The molecule has 2 aromatic rings. The van der Waals surface area contributed by atoms with Crippen LogP contribution in [0.4, 0.5) is 0 Å². The maximum Gasteiger partial charge on any atom is 0.353 e.